The molecule has 0 aromatic carbocycles. The molecule has 0 aromatic heterocycles. The first kappa shape index (κ1) is 17.6. The van der Waals surface area contributed by atoms with Gasteiger partial charge in [0.1, 0.15) is 0 Å². The van der Waals surface area contributed by atoms with Crippen molar-refractivity contribution in [2.45, 2.75) is 13.8 Å². The van der Waals surface area contributed by atoms with Crippen LogP contribution in [0.1, 0.15) is 13.8 Å². The van der Waals surface area contributed by atoms with Gasteiger partial charge in [-0.2, -0.15) is 0 Å². The first-order valence-corrected chi connectivity index (χ1v) is 7.95. The van der Waals surface area contributed by atoms with Crippen LogP contribution in [0.15, 0.2) is 36.1 Å². The fraction of sp³-hybridized carbons (Fsp3) is 0.462. The molecule has 5 heteroatoms. The molecule has 0 heterocycles. The average molecular weight is 362 g/mol. The van der Waals surface area contributed by atoms with Gasteiger partial charge >= 0.3 is 27.7 Å². The van der Waals surface area contributed by atoms with Gasteiger partial charge < -0.3 is 10.2 Å². The summed E-state index contributed by atoms with van der Waals surface area (Å²) in [5.74, 6) is 0.0674. The number of halogens is 1. The van der Waals surface area contributed by atoms with Crippen LogP contribution < -0.4 is 5.32 Å². The summed E-state index contributed by atoms with van der Waals surface area (Å²) in [6.45, 7) is 8.31. The van der Waals surface area contributed by atoms with E-state index in [0.29, 0.717) is 0 Å². The molecule has 0 amide bonds. The van der Waals surface area contributed by atoms with Gasteiger partial charge in [0, 0.05) is 24.9 Å². The van der Waals surface area contributed by atoms with Crippen molar-refractivity contribution in [3.8, 4) is 0 Å². The minimum atomic E-state index is 0.0674. The Bertz CT molecular complexity index is 323. The van der Waals surface area contributed by atoms with Gasteiger partial charge in [-0.3, -0.25) is 4.79 Å². The average Bonchev–Trinajstić information content (AvgIpc) is 2.43. The Labute approximate surface area is 124 Å². The van der Waals surface area contributed by atoms with E-state index < -0.39 is 0 Å². The van der Waals surface area contributed by atoms with E-state index in [0.717, 1.165) is 31.8 Å². The van der Waals surface area contributed by atoms with Crippen molar-refractivity contribution in [3.63, 3.8) is 0 Å². The molecule has 1 rings (SSSR count). The molecule has 0 unspecified atom stereocenters. The number of likely N-dealkylation sites (N-methyl/N-ethyl adjacent to an activating group) is 1. The van der Waals surface area contributed by atoms with Crippen molar-refractivity contribution in [1.29, 1.82) is 0 Å². The van der Waals surface area contributed by atoms with E-state index in [-0.39, 0.29) is 5.78 Å². The van der Waals surface area contributed by atoms with Gasteiger partial charge in [-0.1, -0.05) is 26.0 Å². The summed E-state index contributed by atoms with van der Waals surface area (Å²) in [7, 11) is 4.49. The molecule has 0 atom stereocenters. The predicted molar refractivity (Wildman–Crippen MR) is 73.0 cm³/mol. The molecular formula is C13H20ClN2OPd+. The van der Waals surface area contributed by atoms with E-state index in [4.69, 9.17) is 0 Å². The van der Waals surface area contributed by atoms with E-state index >= 15 is 0 Å². The summed E-state index contributed by atoms with van der Waals surface area (Å²) in [6, 6.07) is 0. The summed E-state index contributed by atoms with van der Waals surface area (Å²) >= 11 is 2.22. The Morgan fingerprint density at radius 2 is 1.89 bits per heavy atom. The number of carbonyl (C=O) groups is 1. The van der Waals surface area contributed by atoms with Crippen molar-refractivity contribution in [1.82, 2.24) is 10.2 Å². The van der Waals surface area contributed by atoms with Crippen LogP contribution in [0.4, 0.5) is 0 Å². The van der Waals surface area contributed by atoms with Crippen molar-refractivity contribution in [2.75, 3.05) is 26.2 Å². The minimum absolute atomic E-state index is 0.0674. The van der Waals surface area contributed by atoms with Gasteiger partial charge in [-0.15, -0.1) is 0 Å². The molecule has 1 aliphatic rings. The maximum atomic E-state index is 11.4. The van der Waals surface area contributed by atoms with Crippen LogP contribution in [0.2, 0.25) is 0 Å². The van der Waals surface area contributed by atoms with Crippen molar-refractivity contribution < 1.29 is 23.0 Å². The van der Waals surface area contributed by atoms with Crippen molar-refractivity contribution in [2.24, 2.45) is 0 Å². The quantitative estimate of drug-likeness (QED) is 0.447. The molecule has 0 spiro atoms. The second-order valence-electron chi connectivity index (χ2n) is 3.66. The van der Waals surface area contributed by atoms with E-state index in [1.54, 1.807) is 18.4 Å². The number of nitrogens with one attached hydrogen (secondary N) is 1. The fourth-order valence-electron chi connectivity index (χ4n) is 1.54. The molecule has 18 heavy (non-hydrogen) atoms. The molecule has 1 N–H and O–H groups in total. The Morgan fingerprint density at radius 1 is 1.28 bits per heavy atom. The molecule has 0 aliphatic heterocycles. The van der Waals surface area contributed by atoms with Gasteiger partial charge in [-0.25, -0.2) is 0 Å². The molecule has 1 aliphatic carbocycles. The zero-order valence-corrected chi connectivity index (χ0v) is 13.1. The zero-order valence-electron chi connectivity index (χ0n) is 10.8. The number of ketones is 1. The third kappa shape index (κ3) is 7.13. The molecule has 3 nitrogen and oxygen atoms in total. The van der Waals surface area contributed by atoms with E-state index in [2.05, 4.69) is 51.8 Å². The van der Waals surface area contributed by atoms with Crippen LogP contribution in [-0.2, 0) is 23.0 Å². The normalized spacial score (nSPS) is 15.9. The predicted octanol–water partition coefficient (Wildman–Crippen LogP) is 2.18. The van der Waals surface area contributed by atoms with E-state index in [9.17, 15) is 4.79 Å². The maximum absolute atomic E-state index is 11.4. The van der Waals surface area contributed by atoms with Gasteiger partial charge in [0.25, 0.3) is 0 Å². The number of allylic oxidation sites excluding steroid dienone is 5. The van der Waals surface area contributed by atoms with Crippen LogP contribution in [0.5, 0.6) is 0 Å². The van der Waals surface area contributed by atoms with Gasteiger partial charge in [0.05, 0.1) is 0 Å². The molecular weight excluding hydrogens is 342 g/mol. The molecule has 0 bridgehead atoms. The Kier molecular flexibility index (Phi) is 11.4. The first-order valence-electron chi connectivity index (χ1n) is 5.94. The fourth-order valence-corrected chi connectivity index (χ4v) is 1.54. The number of rotatable bonds is 6. The third-order valence-corrected chi connectivity index (χ3v) is 2.64. The van der Waals surface area contributed by atoms with Gasteiger partial charge in [-0.05, 0) is 25.2 Å². The Balaban J connectivity index is 0.00000137. The summed E-state index contributed by atoms with van der Waals surface area (Å²) < 4.78 is 0. The van der Waals surface area contributed by atoms with E-state index in [1.165, 1.54) is 0 Å². The summed E-state index contributed by atoms with van der Waals surface area (Å²) in [5.41, 5.74) is 0.724. The van der Waals surface area contributed by atoms with Crippen LogP contribution in [-0.4, -0.2) is 36.9 Å². The Hall–Kier alpha value is -0.398. The second-order valence-corrected chi connectivity index (χ2v) is 3.66. The zero-order chi connectivity index (χ0) is 13.8. The number of hydrogen-bond donors (Lipinski definition) is 1. The molecule has 0 saturated carbocycles. The molecule has 0 fully saturated rings. The standard InChI is InChI=1S/C13H20N2O.ClH.Pd/c1-3-15(4-2)10-9-14-11-12-7-5-6-8-13(12)16;;/h5-8,11,14H,3-4,9-10H2,1-2H3;1H;/q;;+2/p-1. The van der Waals surface area contributed by atoms with E-state index in [1.807, 2.05) is 12.2 Å². The van der Waals surface area contributed by atoms with Crippen LogP contribution >= 0.6 is 9.53 Å². The van der Waals surface area contributed by atoms with Crippen molar-refractivity contribution in [3.05, 3.63) is 36.1 Å². The summed E-state index contributed by atoms with van der Waals surface area (Å²) in [6.07, 6.45) is 8.84. The van der Waals surface area contributed by atoms with Crippen molar-refractivity contribution >= 4 is 15.3 Å². The number of carbonyl (C=O) groups excluding carboxylic acids is 1. The molecule has 0 saturated heterocycles. The summed E-state index contributed by atoms with van der Waals surface area (Å²) in [4.78, 5) is 13.7. The third-order valence-electron chi connectivity index (χ3n) is 2.64. The molecule has 0 radical (unpaired) electrons. The first-order chi connectivity index (χ1) is 8.77. The number of hydrogen-bond acceptors (Lipinski definition) is 3. The second kappa shape index (κ2) is 11.7. The van der Waals surface area contributed by atoms with Crippen LogP contribution in [0.25, 0.3) is 0 Å². The van der Waals surface area contributed by atoms with Gasteiger partial charge in [0.2, 0.25) is 0 Å². The van der Waals surface area contributed by atoms with Crippen LogP contribution in [0, 0.1) is 0 Å². The topological polar surface area (TPSA) is 32.3 Å². The number of nitrogens with zero attached hydrogens (tertiary/aromatic N) is 1. The molecule has 104 valence electrons. The Morgan fingerprint density at radius 3 is 2.44 bits per heavy atom. The monoisotopic (exact) mass is 361 g/mol. The summed E-state index contributed by atoms with van der Waals surface area (Å²) in [5, 5.41) is 3.17. The van der Waals surface area contributed by atoms with Gasteiger partial charge in [0.15, 0.2) is 5.78 Å². The molecule has 0 aromatic rings. The SMILES string of the molecule is CCN(CC)CCNC=C1C=CC=CC1=O.[Cl][Pd+]. The van der Waals surface area contributed by atoms with Crippen LogP contribution in [0.3, 0.4) is 0 Å².